The van der Waals surface area contributed by atoms with Gasteiger partial charge in [-0.2, -0.15) is 0 Å². The van der Waals surface area contributed by atoms with Crippen molar-refractivity contribution in [3.8, 4) is 0 Å². The molecule has 0 saturated carbocycles. The fourth-order valence-corrected chi connectivity index (χ4v) is 3.96. The van der Waals surface area contributed by atoms with Crippen LogP contribution in [0.4, 0.5) is 10.1 Å². The number of rotatable bonds is 9. The van der Waals surface area contributed by atoms with E-state index in [1.807, 2.05) is 55.1 Å². The minimum atomic E-state index is -0.299. The number of carbonyl (C=O) groups excluding carboxylic acids is 2. The summed E-state index contributed by atoms with van der Waals surface area (Å²) < 4.78 is 13.6. The van der Waals surface area contributed by atoms with E-state index in [0.29, 0.717) is 32.6 Å². The average Bonchev–Trinajstić information content (AvgIpc) is 2.79. The molecule has 1 heterocycles. The van der Waals surface area contributed by atoms with Crippen molar-refractivity contribution in [1.29, 1.82) is 0 Å². The number of hydrogen-bond acceptors (Lipinski definition) is 4. The number of likely N-dealkylation sites (N-methyl/N-ethyl adjacent to an activating group) is 1. The molecular formula is C25H33FN4O2. The number of nitrogens with one attached hydrogen (secondary N) is 1. The Morgan fingerprint density at radius 1 is 1.12 bits per heavy atom. The molecule has 1 aliphatic heterocycles. The third-order valence-corrected chi connectivity index (χ3v) is 5.78. The van der Waals surface area contributed by atoms with Crippen molar-refractivity contribution in [2.45, 2.75) is 32.9 Å². The minimum absolute atomic E-state index is 0.0349. The van der Waals surface area contributed by atoms with Crippen LogP contribution in [0.15, 0.2) is 42.5 Å². The minimum Gasteiger partial charge on any atom is -0.376 e. The fraction of sp³-hybridized carbons (Fsp3) is 0.440. The molecule has 0 unspecified atom stereocenters. The van der Waals surface area contributed by atoms with Crippen molar-refractivity contribution in [3.05, 3.63) is 65.0 Å². The predicted molar refractivity (Wildman–Crippen MR) is 125 cm³/mol. The maximum atomic E-state index is 13.6. The Hall–Kier alpha value is -2.93. The highest BCUT2D eigenvalue weighted by molar-refractivity contribution is 5.81. The van der Waals surface area contributed by atoms with Crippen LogP contribution in [0, 0.1) is 5.82 Å². The Labute approximate surface area is 190 Å². The van der Waals surface area contributed by atoms with Gasteiger partial charge in [-0.25, -0.2) is 4.39 Å². The van der Waals surface area contributed by atoms with E-state index in [2.05, 4.69) is 5.32 Å². The molecule has 0 radical (unpaired) electrons. The Bertz CT molecular complexity index is 947. The van der Waals surface area contributed by atoms with E-state index in [9.17, 15) is 14.0 Å². The van der Waals surface area contributed by atoms with Gasteiger partial charge in [0.1, 0.15) is 5.82 Å². The number of hydrogen-bond donors (Lipinski definition) is 1. The van der Waals surface area contributed by atoms with Crippen LogP contribution in [-0.4, -0.2) is 66.8 Å². The molecule has 0 bridgehead atoms. The largest absolute Gasteiger partial charge is 0.376 e. The van der Waals surface area contributed by atoms with Gasteiger partial charge in [0.15, 0.2) is 0 Å². The lowest BCUT2D eigenvalue weighted by Gasteiger charge is -2.30. The molecule has 7 heteroatoms. The normalized spacial score (nSPS) is 13.1. The second-order valence-corrected chi connectivity index (χ2v) is 8.46. The Morgan fingerprint density at radius 3 is 2.62 bits per heavy atom. The third kappa shape index (κ3) is 6.29. The maximum Gasteiger partial charge on any atom is 0.242 e. The van der Waals surface area contributed by atoms with Gasteiger partial charge in [0.2, 0.25) is 11.8 Å². The van der Waals surface area contributed by atoms with Gasteiger partial charge in [-0.05, 0) is 55.4 Å². The smallest absolute Gasteiger partial charge is 0.242 e. The predicted octanol–water partition coefficient (Wildman–Crippen LogP) is 3.12. The summed E-state index contributed by atoms with van der Waals surface area (Å²) in [6.07, 6.45) is 1.28. The van der Waals surface area contributed by atoms with E-state index < -0.39 is 0 Å². The summed E-state index contributed by atoms with van der Waals surface area (Å²) in [6.45, 7) is 5.01. The summed E-state index contributed by atoms with van der Waals surface area (Å²) in [4.78, 5) is 30.8. The third-order valence-electron chi connectivity index (χ3n) is 5.78. The number of carbonyl (C=O) groups is 2. The van der Waals surface area contributed by atoms with Gasteiger partial charge in [-0.1, -0.05) is 31.2 Å². The second-order valence-electron chi connectivity index (χ2n) is 8.46. The van der Waals surface area contributed by atoms with E-state index in [0.717, 1.165) is 29.8 Å². The Morgan fingerprint density at radius 2 is 1.91 bits per heavy atom. The van der Waals surface area contributed by atoms with Crippen LogP contribution in [0.5, 0.6) is 0 Å². The number of fused-ring (bicyclic) bond motifs is 1. The molecule has 0 aromatic heterocycles. The second kappa shape index (κ2) is 11.1. The van der Waals surface area contributed by atoms with Crippen molar-refractivity contribution in [2.75, 3.05) is 45.6 Å². The van der Waals surface area contributed by atoms with Gasteiger partial charge in [-0.3, -0.25) is 9.59 Å². The van der Waals surface area contributed by atoms with Crippen LogP contribution in [0.25, 0.3) is 0 Å². The zero-order valence-corrected chi connectivity index (χ0v) is 19.2. The molecule has 2 aromatic rings. The lowest BCUT2D eigenvalue weighted by atomic mass is 9.97. The summed E-state index contributed by atoms with van der Waals surface area (Å²) in [5.41, 5.74) is 4.01. The van der Waals surface area contributed by atoms with Crippen LogP contribution in [-0.2, 0) is 29.1 Å². The standard InChI is InChI=1S/C25H33FN4O2/c1-4-24(31)29-12-11-22-20(18-29)8-6-10-23(22)27-16-25(32)30(14-13-28(2)3)17-19-7-5-9-21(26)15-19/h5-10,15,27H,4,11-14,16-18H2,1-3H3. The molecule has 0 spiro atoms. The van der Waals surface area contributed by atoms with Crippen molar-refractivity contribution < 1.29 is 14.0 Å². The molecule has 0 atom stereocenters. The summed E-state index contributed by atoms with van der Waals surface area (Å²) >= 11 is 0. The van der Waals surface area contributed by atoms with Crippen molar-refractivity contribution in [2.24, 2.45) is 0 Å². The van der Waals surface area contributed by atoms with E-state index in [1.165, 1.54) is 17.7 Å². The first kappa shape index (κ1) is 23.7. The van der Waals surface area contributed by atoms with Gasteiger partial charge in [0, 0.05) is 44.8 Å². The SMILES string of the molecule is CCC(=O)N1CCc2c(cccc2NCC(=O)N(CCN(C)C)Cc2cccc(F)c2)C1. The van der Waals surface area contributed by atoms with Crippen LogP contribution in [0.3, 0.4) is 0 Å². The molecule has 172 valence electrons. The fourth-order valence-electron chi connectivity index (χ4n) is 3.96. The quantitative estimate of drug-likeness (QED) is 0.651. The van der Waals surface area contributed by atoms with Gasteiger partial charge in [0.05, 0.1) is 6.54 Å². The molecule has 0 aliphatic carbocycles. The molecule has 0 saturated heterocycles. The maximum absolute atomic E-state index is 13.6. The summed E-state index contributed by atoms with van der Waals surface area (Å²) in [5.74, 6) is -0.169. The summed E-state index contributed by atoms with van der Waals surface area (Å²) in [7, 11) is 3.93. The number of benzene rings is 2. The topological polar surface area (TPSA) is 55.9 Å². The van der Waals surface area contributed by atoms with Gasteiger partial charge >= 0.3 is 0 Å². The Kier molecular flexibility index (Phi) is 8.22. The molecule has 0 fully saturated rings. The van der Waals surface area contributed by atoms with E-state index in [4.69, 9.17) is 0 Å². The summed E-state index contributed by atoms with van der Waals surface area (Å²) in [6, 6.07) is 12.4. The van der Waals surface area contributed by atoms with Gasteiger partial charge < -0.3 is 20.0 Å². The highest BCUT2D eigenvalue weighted by Gasteiger charge is 2.22. The first-order valence-electron chi connectivity index (χ1n) is 11.2. The molecule has 1 N–H and O–H groups in total. The van der Waals surface area contributed by atoms with Gasteiger partial charge in [-0.15, -0.1) is 0 Å². The first-order chi connectivity index (χ1) is 15.4. The average molecular weight is 441 g/mol. The van der Waals surface area contributed by atoms with E-state index >= 15 is 0 Å². The molecule has 2 aromatic carbocycles. The summed E-state index contributed by atoms with van der Waals surface area (Å²) in [5, 5.41) is 3.31. The molecule has 3 rings (SSSR count). The molecular weight excluding hydrogens is 407 g/mol. The number of halogens is 1. The van der Waals surface area contributed by atoms with Crippen molar-refractivity contribution in [3.63, 3.8) is 0 Å². The zero-order valence-electron chi connectivity index (χ0n) is 19.2. The first-order valence-corrected chi connectivity index (χ1v) is 11.2. The van der Waals surface area contributed by atoms with E-state index in [1.54, 1.807) is 11.0 Å². The van der Waals surface area contributed by atoms with Crippen LogP contribution in [0.2, 0.25) is 0 Å². The molecule has 6 nitrogen and oxygen atoms in total. The Balaban J connectivity index is 1.67. The zero-order chi connectivity index (χ0) is 23.1. The molecule has 32 heavy (non-hydrogen) atoms. The number of anilines is 1. The highest BCUT2D eigenvalue weighted by atomic mass is 19.1. The molecule has 1 aliphatic rings. The monoisotopic (exact) mass is 440 g/mol. The molecule has 2 amide bonds. The van der Waals surface area contributed by atoms with Crippen molar-refractivity contribution in [1.82, 2.24) is 14.7 Å². The number of amides is 2. The van der Waals surface area contributed by atoms with Crippen molar-refractivity contribution >= 4 is 17.5 Å². The van der Waals surface area contributed by atoms with Gasteiger partial charge in [0.25, 0.3) is 0 Å². The van der Waals surface area contributed by atoms with Crippen LogP contribution >= 0.6 is 0 Å². The lowest BCUT2D eigenvalue weighted by Crippen LogP contribution is -2.39. The lowest BCUT2D eigenvalue weighted by molar-refractivity contribution is -0.132. The van der Waals surface area contributed by atoms with Crippen LogP contribution in [0.1, 0.15) is 30.0 Å². The highest BCUT2D eigenvalue weighted by Crippen LogP contribution is 2.26. The van der Waals surface area contributed by atoms with Crippen LogP contribution < -0.4 is 5.32 Å². The van der Waals surface area contributed by atoms with E-state index in [-0.39, 0.29) is 24.2 Å². The number of nitrogens with zero attached hydrogens (tertiary/aromatic N) is 3.